The molecule has 0 aliphatic rings. The molecule has 3 nitrogen and oxygen atoms in total. The van der Waals surface area contributed by atoms with Gasteiger partial charge in [-0.2, -0.15) is 0 Å². The van der Waals surface area contributed by atoms with Crippen LogP contribution < -0.4 is 5.32 Å². The lowest BCUT2D eigenvalue weighted by molar-refractivity contribution is 0.0909. The minimum atomic E-state index is -0.768. The van der Waals surface area contributed by atoms with Crippen molar-refractivity contribution in [2.75, 3.05) is 5.88 Å². The van der Waals surface area contributed by atoms with Gasteiger partial charge in [-0.05, 0) is 18.6 Å². The van der Waals surface area contributed by atoms with Gasteiger partial charge in [0.1, 0.15) is 0 Å². The summed E-state index contributed by atoms with van der Waals surface area (Å²) in [7, 11) is 0. The molecule has 1 N–H and O–H groups in total. The maximum atomic E-state index is 13.6. The molecular weight excluding hydrogens is 279 g/mol. The summed E-state index contributed by atoms with van der Waals surface area (Å²) in [6.07, 6.45) is 2.38. The first-order chi connectivity index (χ1) is 9.57. The predicted molar refractivity (Wildman–Crippen MR) is 76.2 cm³/mol. The molecular formula is C15H14ClFN2O. The monoisotopic (exact) mass is 292 g/mol. The van der Waals surface area contributed by atoms with Crippen LogP contribution in [0.5, 0.6) is 0 Å². The molecule has 2 aromatic rings. The Balaban J connectivity index is 2.27. The molecule has 0 aliphatic heterocycles. The smallest absolute Gasteiger partial charge is 0.255 e. The molecule has 0 saturated heterocycles. The van der Waals surface area contributed by atoms with Crippen LogP contribution in [0.1, 0.15) is 22.8 Å². The highest BCUT2D eigenvalue weighted by molar-refractivity contribution is 6.19. The molecule has 1 unspecified atom stereocenters. The third-order valence-corrected chi connectivity index (χ3v) is 3.62. The van der Waals surface area contributed by atoms with Crippen LogP contribution in [0.2, 0.25) is 0 Å². The van der Waals surface area contributed by atoms with Crippen molar-refractivity contribution in [3.63, 3.8) is 0 Å². The maximum absolute atomic E-state index is 13.6. The van der Waals surface area contributed by atoms with Crippen molar-refractivity contribution in [1.29, 1.82) is 0 Å². The summed E-state index contributed by atoms with van der Waals surface area (Å²) in [5, 5.41) is 2.78. The number of hydrogen-bond acceptors (Lipinski definition) is 2. The van der Waals surface area contributed by atoms with Gasteiger partial charge in [-0.15, -0.1) is 11.6 Å². The molecule has 1 aromatic heterocycles. The number of amides is 1. The van der Waals surface area contributed by atoms with E-state index in [1.54, 1.807) is 6.92 Å². The van der Waals surface area contributed by atoms with Gasteiger partial charge in [0.2, 0.25) is 0 Å². The first-order valence-electron chi connectivity index (χ1n) is 6.10. The Morgan fingerprint density at radius 3 is 2.65 bits per heavy atom. The Hall–Kier alpha value is -1.94. The fraction of sp³-hybridized carbons (Fsp3) is 0.200. The molecule has 5 heteroatoms. The summed E-state index contributed by atoms with van der Waals surface area (Å²) in [5.74, 6) is -0.998. The quantitative estimate of drug-likeness (QED) is 0.880. The topological polar surface area (TPSA) is 42.0 Å². The third kappa shape index (κ3) is 2.96. The van der Waals surface area contributed by atoms with E-state index in [0.29, 0.717) is 0 Å². The Labute approximate surface area is 121 Å². The predicted octanol–water partition coefficient (Wildman–Crippen LogP) is 3.10. The molecule has 1 heterocycles. The standard InChI is InChI=1S/C15H14ClFN2O/c1-15(10-16,11-5-3-2-4-6-11)19-14(20)12-7-8-18-9-13(12)17/h2-9H,10H2,1H3,(H,19,20). The fourth-order valence-corrected chi connectivity index (χ4v) is 2.09. The molecule has 20 heavy (non-hydrogen) atoms. The Kier molecular flexibility index (Phi) is 4.35. The summed E-state index contributed by atoms with van der Waals surface area (Å²) < 4.78 is 13.6. The number of halogens is 2. The highest BCUT2D eigenvalue weighted by atomic mass is 35.5. The Bertz CT molecular complexity index is 606. The van der Waals surface area contributed by atoms with Crippen molar-refractivity contribution in [2.45, 2.75) is 12.5 Å². The van der Waals surface area contributed by atoms with E-state index in [1.165, 1.54) is 12.3 Å². The summed E-state index contributed by atoms with van der Waals surface area (Å²) >= 11 is 5.99. The van der Waals surface area contributed by atoms with Gasteiger partial charge < -0.3 is 5.32 Å². The van der Waals surface area contributed by atoms with Crippen molar-refractivity contribution in [1.82, 2.24) is 10.3 Å². The number of nitrogens with one attached hydrogen (secondary N) is 1. The number of nitrogens with zero attached hydrogens (tertiary/aromatic N) is 1. The number of rotatable bonds is 4. The van der Waals surface area contributed by atoms with E-state index in [2.05, 4.69) is 10.3 Å². The van der Waals surface area contributed by atoms with E-state index >= 15 is 0 Å². The van der Waals surface area contributed by atoms with Crippen LogP contribution in [-0.4, -0.2) is 16.8 Å². The van der Waals surface area contributed by atoms with Crippen LogP contribution >= 0.6 is 11.6 Å². The van der Waals surface area contributed by atoms with E-state index < -0.39 is 17.3 Å². The van der Waals surface area contributed by atoms with Gasteiger partial charge in [-0.25, -0.2) is 4.39 Å². The first-order valence-corrected chi connectivity index (χ1v) is 6.64. The van der Waals surface area contributed by atoms with Gasteiger partial charge in [-0.3, -0.25) is 9.78 Å². The van der Waals surface area contributed by atoms with Crippen molar-refractivity contribution in [2.24, 2.45) is 0 Å². The molecule has 1 atom stereocenters. The summed E-state index contributed by atoms with van der Waals surface area (Å²) in [6.45, 7) is 1.80. The van der Waals surface area contributed by atoms with E-state index in [0.717, 1.165) is 11.8 Å². The fourth-order valence-electron chi connectivity index (χ4n) is 1.87. The van der Waals surface area contributed by atoms with Crippen LogP contribution in [0.25, 0.3) is 0 Å². The maximum Gasteiger partial charge on any atom is 0.255 e. The zero-order valence-corrected chi connectivity index (χ0v) is 11.7. The molecule has 0 spiro atoms. The van der Waals surface area contributed by atoms with Crippen LogP contribution in [0.3, 0.4) is 0 Å². The van der Waals surface area contributed by atoms with Gasteiger partial charge in [0.05, 0.1) is 17.3 Å². The third-order valence-electron chi connectivity index (χ3n) is 3.08. The van der Waals surface area contributed by atoms with E-state index in [9.17, 15) is 9.18 Å². The normalized spacial score (nSPS) is 13.6. The lowest BCUT2D eigenvalue weighted by atomic mass is 9.93. The summed E-state index contributed by atoms with van der Waals surface area (Å²) in [6, 6.07) is 10.7. The van der Waals surface area contributed by atoms with Gasteiger partial charge in [-0.1, -0.05) is 30.3 Å². The van der Waals surface area contributed by atoms with Gasteiger partial charge in [0.15, 0.2) is 5.82 Å². The van der Waals surface area contributed by atoms with Crippen LogP contribution in [0, 0.1) is 5.82 Å². The van der Waals surface area contributed by atoms with Crippen molar-refractivity contribution in [3.8, 4) is 0 Å². The van der Waals surface area contributed by atoms with E-state index in [-0.39, 0.29) is 11.4 Å². The molecule has 104 valence electrons. The highest BCUT2D eigenvalue weighted by Gasteiger charge is 2.28. The van der Waals surface area contributed by atoms with E-state index in [4.69, 9.17) is 11.6 Å². The highest BCUT2D eigenvalue weighted by Crippen LogP contribution is 2.23. The SMILES string of the molecule is CC(CCl)(NC(=O)c1ccncc1F)c1ccccc1. The van der Waals surface area contributed by atoms with Crippen molar-refractivity contribution in [3.05, 3.63) is 65.7 Å². The molecule has 2 rings (SSSR count). The molecule has 0 aliphatic carbocycles. The second-order valence-corrected chi connectivity index (χ2v) is 4.91. The molecule has 0 saturated carbocycles. The number of carbonyl (C=O) groups is 1. The largest absolute Gasteiger partial charge is 0.341 e. The van der Waals surface area contributed by atoms with Crippen LogP contribution in [0.15, 0.2) is 48.8 Å². The van der Waals surface area contributed by atoms with Crippen LogP contribution in [-0.2, 0) is 5.54 Å². The Morgan fingerprint density at radius 1 is 1.35 bits per heavy atom. The number of benzene rings is 1. The minimum Gasteiger partial charge on any atom is -0.341 e. The molecule has 0 radical (unpaired) electrons. The number of alkyl halides is 1. The molecule has 1 amide bonds. The van der Waals surface area contributed by atoms with Gasteiger partial charge in [0.25, 0.3) is 5.91 Å². The lowest BCUT2D eigenvalue weighted by Gasteiger charge is -2.29. The van der Waals surface area contributed by atoms with E-state index in [1.807, 2.05) is 30.3 Å². The van der Waals surface area contributed by atoms with Gasteiger partial charge in [0, 0.05) is 12.1 Å². The second kappa shape index (κ2) is 6.01. The zero-order chi connectivity index (χ0) is 14.6. The summed E-state index contributed by atoms with van der Waals surface area (Å²) in [4.78, 5) is 15.8. The number of aromatic nitrogens is 1. The van der Waals surface area contributed by atoms with Gasteiger partial charge >= 0.3 is 0 Å². The Morgan fingerprint density at radius 2 is 2.05 bits per heavy atom. The van der Waals surface area contributed by atoms with Crippen molar-refractivity contribution < 1.29 is 9.18 Å². The minimum absolute atomic E-state index is 0.0488. The first kappa shape index (κ1) is 14.5. The molecule has 0 fully saturated rings. The van der Waals surface area contributed by atoms with Crippen molar-refractivity contribution >= 4 is 17.5 Å². The number of hydrogen-bond donors (Lipinski definition) is 1. The lowest BCUT2D eigenvalue weighted by Crippen LogP contribution is -2.45. The average Bonchev–Trinajstić information content (AvgIpc) is 2.48. The number of pyridine rings is 1. The zero-order valence-electron chi connectivity index (χ0n) is 10.9. The summed E-state index contributed by atoms with van der Waals surface area (Å²) in [5.41, 5.74) is 0.0420. The number of carbonyl (C=O) groups excluding carboxylic acids is 1. The second-order valence-electron chi connectivity index (χ2n) is 4.64. The van der Waals surface area contributed by atoms with Crippen LogP contribution in [0.4, 0.5) is 4.39 Å². The molecule has 0 bridgehead atoms. The molecule has 1 aromatic carbocycles. The average molecular weight is 293 g/mol.